The van der Waals surface area contributed by atoms with Crippen molar-refractivity contribution < 1.29 is 0 Å². The molecule has 0 aromatic heterocycles. The first-order chi connectivity index (χ1) is 13.1. The Morgan fingerprint density at radius 3 is 2.19 bits per heavy atom. The van der Waals surface area contributed by atoms with Gasteiger partial charge in [-0.15, -0.1) is 0 Å². The van der Waals surface area contributed by atoms with Crippen LogP contribution in [0.15, 0.2) is 70.5 Å². The van der Waals surface area contributed by atoms with Crippen LogP contribution in [0.1, 0.15) is 16.7 Å². The summed E-state index contributed by atoms with van der Waals surface area (Å²) in [5, 5.41) is 23.2. The first kappa shape index (κ1) is 19.1. The second-order valence-electron chi connectivity index (χ2n) is 5.58. The zero-order chi connectivity index (χ0) is 19.2. The number of hydrogen-bond donors (Lipinski definition) is 1. The Hall–Kier alpha value is -2.63. The van der Waals surface area contributed by atoms with Gasteiger partial charge in [-0.05, 0) is 23.8 Å². The lowest BCUT2D eigenvalue weighted by Gasteiger charge is -2.14. The number of halogens is 2. The number of hydrogen-bond acceptors (Lipinski definition) is 4. The Balaban J connectivity index is 2.00. The van der Waals surface area contributed by atoms with Crippen molar-refractivity contribution in [3.05, 3.63) is 87.4 Å². The summed E-state index contributed by atoms with van der Waals surface area (Å²) in [6.07, 6.45) is 0. The van der Waals surface area contributed by atoms with E-state index in [0.29, 0.717) is 22.2 Å². The Kier molecular flexibility index (Phi) is 6.27. The zero-order valence-electron chi connectivity index (χ0n) is 14.0. The number of nitriles is 2. The molecule has 0 fully saturated rings. The molecule has 132 valence electrons. The maximum absolute atomic E-state index is 9.55. The number of benzene rings is 3. The molecule has 3 rings (SSSR count). The minimum Gasteiger partial charge on any atom is -0.380 e. The van der Waals surface area contributed by atoms with E-state index in [1.165, 1.54) is 11.8 Å². The Bertz CT molecular complexity index is 1050. The number of nitrogens with zero attached hydrogens (tertiary/aromatic N) is 2. The van der Waals surface area contributed by atoms with Crippen molar-refractivity contribution >= 4 is 40.7 Å². The molecule has 0 aliphatic rings. The largest absolute Gasteiger partial charge is 0.380 e. The second kappa shape index (κ2) is 8.84. The Morgan fingerprint density at radius 1 is 0.852 bits per heavy atom. The van der Waals surface area contributed by atoms with Crippen molar-refractivity contribution in [3.63, 3.8) is 0 Å². The van der Waals surface area contributed by atoms with Gasteiger partial charge in [0.2, 0.25) is 0 Å². The molecule has 27 heavy (non-hydrogen) atoms. The SMILES string of the molecule is N#Cc1c(NCc2ccccc2)cc(Sc2ccccc2Cl)c(Cl)c1C#N. The summed E-state index contributed by atoms with van der Waals surface area (Å²) in [6, 6.07) is 23.1. The van der Waals surface area contributed by atoms with Crippen molar-refractivity contribution in [1.82, 2.24) is 0 Å². The molecule has 0 spiro atoms. The van der Waals surface area contributed by atoms with E-state index in [2.05, 4.69) is 17.5 Å². The highest BCUT2D eigenvalue weighted by atomic mass is 35.5. The van der Waals surface area contributed by atoms with Gasteiger partial charge in [-0.25, -0.2) is 0 Å². The molecule has 0 unspecified atom stereocenters. The summed E-state index contributed by atoms with van der Waals surface area (Å²) in [5.41, 5.74) is 2.03. The minimum atomic E-state index is 0.159. The predicted molar refractivity (Wildman–Crippen MR) is 110 cm³/mol. The molecule has 3 nitrogen and oxygen atoms in total. The molecule has 0 saturated heterocycles. The highest BCUT2D eigenvalue weighted by Crippen LogP contribution is 2.41. The van der Waals surface area contributed by atoms with Crippen molar-refractivity contribution in [1.29, 1.82) is 10.5 Å². The van der Waals surface area contributed by atoms with E-state index in [0.717, 1.165) is 10.5 Å². The van der Waals surface area contributed by atoms with Crippen LogP contribution in [0.2, 0.25) is 10.0 Å². The fraction of sp³-hybridized carbons (Fsp3) is 0.0476. The van der Waals surface area contributed by atoms with Crippen LogP contribution in [-0.4, -0.2) is 0 Å². The molecule has 0 bridgehead atoms. The summed E-state index contributed by atoms with van der Waals surface area (Å²) in [5.74, 6) is 0. The van der Waals surface area contributed by atoms with Crippen molar-refractivity contribution in [3.8, 4) is 12.1 Å². The van der Waals surface area contributed by atoms with Crippen LogP contribution >= 0.6 is 35.0 Å². The van der Waals surface area contributed by atoms with E-state index >= 15 is 0 Å². The lowest BCUT2D eigenvalue weighted by atomic mass is 10.1. The molecule has 0 amide bonds. The molecule has 0 saturated carbocycles. The van der Waals surface area contributed by atoms with E-state index in [1.807, 2.05) is 48.5 Å². The number of anilines is 1. The second-order valence-corrected chi connectivity index (χ2v) is 7.45. The van der Waals surface area contributed by atoms with Crippen LogP contribution in [0.4, 0.5) is 5.69 Å². The van der Waals surface area contributed by atoms with Crippen LogP contribution in [0.3, 0.4) is 0 Å². The maximum atomic E-state index is 9.55. The van der Waals surface area contributed by atoms with E-state index in [1.54, 1.807) is 12.1 Å². The summed E-state index contributed by atoms with van der Waals surface area (Å²) in [6.45, 7) is 0.526. The third-order valence-corrected chi connectivity index (χ3v) is 5.90. The van der Waals surface area contributed by atoms with Gasteiger partial charge in [-0.3, -0.25) is 0 Å². The summed E-state index contributed by atoms with van der Waals surface area (Å²) >= 11 is 14.0. The Morgan fingerprint density at radius 2 is 1.52 bits per heavy atom. The van der Waals surface area contributed by atoms with Crippen LogP contribution in [0, 0.1) is 22.7 Å². The quantitative estimate of drug-likeness (QED) is 0.522. The molecule has 0 atom stereocenters. The van der Waals surface area contributed by atoms with Crippen molar-refractivity contribution in [2.45, 2.75) is 16.3 Å². The van der Waals surface area contributed by atoms with Gasteiger partial charge >= 0.3 is 0 Å². The van der Waals surface area contributed by atoms with E-state index in [4.69, 9.17) is 23.2 Å². The van der Waals surface area contributed by atoms with Gasteiger partial charge in [0.05, 0.1) is 26.9 Å². The van der Waals surface area contributed by atoms with Crippen LogP contribution in [0.25, 0.3) is 0 Å². The van der Waals surface area contributed by atoms with Gasteiger partial charge < -0.3 is 5.32 Å². The minimum absolute atomic E-state index is 0.159. The van der Waals surface area contributed by atoms with Crippen molar-refractivity contribution in [2.24, 2.45) is 0 Å². The summed E-state index contributed by atoms with van der Waals surface area (Å²) in [7, 11) is 0. The maximum Gasteiger partial charge on any atom is 0.103 e. The van der Waals surface area contributed by atoms with Gasteiger partial charge in [-0.2, -0.15) is 10.5 Å². The predicted octanol–water partition coefficient (Wildman–Crippen LogP) is 6.50. The zero-order valence-corrected chi connectivity index (χ0v) is 16.4. The van der Waals surface area contributed by atoms with Gasteiger partial charge in [0, 0.05) is 16.3 Å². The van der Waals surface area contributed by atoms with Gasteiger partial charge in [0.15, 0.2) is 0 Å². The molecule has 0 radical (unpaired) electrons. The highest BCUT2D eigenvalue weighted by Gasteiger charge is 2.18. The third-order valence-electron chi connectivity index (χ3n) is 3.84. The van der Waals surface area contributed by atoms with Crippen LogP contribution in [0.5, 0.6) is 0 Å². The number of nitrogens with one attached hydrogen (secondary N) is 1. The summed E-state index contributed by atoms with van der Waals surface area (Å²) < 4.78 is 0. The average Bonchev–Trinajstić information content (AvgIpc) is 2.70. The normalized spacial score (nSPS) is 10.1. The molecule has 0 aliphatic carbocycles. The molecule has 1 N–H and O–H groups in total. The highest BCUT2D eigenvalue weighted by molar-refractivity contribution is 7.99. The monoisotopic (exact) mass is 409 g/mol. The molecule has 3 aromatic rings. The van der Waals surface area contributed by atoms with E-state index < -0.39 is 0 Å². The summed E-state index contributed by atoms with van der Waals surface area (Å²) in [4.78, 5) is 1.49. The van der Waals surface area contributed by atoms with E-state index in [-0.39, 0.29) is 16.1 Å². The number of rotatable bonds is 5. The standard InChI is InChI=1S/C21H13Cl2N3S/c22-17-8-4-5-9-19(17)27-20-10-18(15(11-24)16(12-25)21(20)23)26-13-14-6-2-1-3-7-14/h1-10,26H,13H2. The smallest absolute Gasteiger partial charge is 0.103 e. The Labute approximate surface area is 172 Å². The van der Waals surface area contributed by atoms with Crippen molar-refractivity contribution in [2.75, 3.05) is 5.32 Å². The molecular formula is C21H13Cl2N3S. The van der Waals surface area contributed by atoms with Crippen LogP contribution < -0.4 is 5.32 Å². The lowest BCUT2D eigenvalue weighted by Crippen LogP contribution is -2.03. The average molecular weight is 410 g/mol. The molecule has 0 heterocycles. The fourth-order valence-electron chi connectivity index (χ4n) is 2.51. The van der Waals surface area contributed by atoms with Gasteiger partial charge in [0.25, 0.3) is 0 Å². The lowest BCUT2D eigenvalue weighted by molar-refractivity contribution is 1.14. The van der Waals surface area contributed by atoms with Crippen LogP contribution in [-0.2, 0) is 6.54 Å². The van der Waals surface area contributed by atoms with Gasteiger partial charge in [0.1, 0.15) is 12.1 Å². The third kappa shape index (κ3) is 4.38. The first-order valence-corrected chi connectivity index (χ1v) is 9.58. The first-order valence-electron chi connectivity index (χ1n) is 8.01. The fourth-order valence-corrected chi connectivity index (χ4v) is 3.98. The molecular weight excluding hydrogens is 397 g/mol. The topological polar surface area (TPSA) is 59.6 Å². The van der Waals surface area contributed by atoms with E-state index in [9.17, 15) is 10.5 Å². The van der Waals surface area contributed by atoms with Gasteiger partial charge in [-0.1, -0.05) is 77.4 Å². The molecule has 6 heteroatoms. The molecule has 3 aromatic carbocycles. The molecule has 0 aliphatic heterocycles.